The molecule has 0 saturated carbocycles. The van der Waals surface area contributed by atoms with Gasteiger partial charge in [-0.1, -0.05) is 12.1 Å². The summed E-state index contributed by atoms with van der Waals surface area (Å²) in [6, 6.07) is 14.0. The molecule has 3 heterocycles. The van der Waals surface area contributed by atoms with Gasteiger partial charge in [-0.25, -0.2) is 19.7 Å². The van der Waals surface area contributed by atoms with Gasteiger partial charge in [0.25, 0.3) is 5.91 Å². The minimum atomic E-state index is -0.257. The number of piperazine rings is 1. The lowest BCUT2D eigenvalue weighted by molar-refractivity contribution is 0.102. The summed E-state index contributed by atoms with van der Waals surface area (Å²) in [5.74, 6) is 0.416. The lowest BCUT2D eigenvalue weighted by Crippen LogP contribution is -2.50. The zero-order valence-corrected chi connectivity index (χ0v) is 17.7. The number of benzene rings is 2. The Labute approximate surface area is 189 Å². The van der Waals surface area contributed by atoms with Crippen LogP contribution in [0.15, 0.2) is 67.3 Å². The van der Waals surface area contributed by atoms with Crippen LogP contribution in [0, 0.1) is 0 Å². The molecule has 1 saturated heterocycles. The lowest BCUT2D eigenvalue weighted by Gasteiger charge is -2.34. The van der Waals surface area contributed by atoms with Crippen molar-refractivity contribution in [1.29, 1.82) is 0 Å². The Morgan fingerprint density at radius 1 is 0.848 bits per heavy atom. The first-order valence-electron chi connectivity index (χ1n) is 10.6. The van der Waals surface area contributed by atoms with E-state index in [0.29, 0.717) is 54.6 Å². The number of nitrogens with one attached hydrogen (secondary N) is 3. The number of hydrogen-bond acceptors (Lipinski definition) is 6. The van der Waals surface area contributed by atoms with Gasteiger partial charge in [0.15, 0.2) is 0 Å². The lowest BCUT2D eigenvalue weighted by atomic mass is 10.1. The Balaban J connectivity index is 1.20. The number of urea groups is 1. The molecule has 2 aromatic heterocycles. The van der Waals surface area contributed by atoms with Crippen LogP contribution in [0.2, 0.25) is 0 Å². The smallest absolute Gasteiger partial charge is 0.321 e. The first-order valence-corrected chi connectivity index (χ1v) is 10.6. The molecule has 0 unspecified atom stereocenters. The van der Waals surface area contributed by atoms with Gasteiger partial charge in [-0.3, -0.25) is 4.79 Å². The standard InChI is InChI=1S/C23H22N8O2/c32-21(18-6-2-7-19-20(18)27-15-26-19)28-16-4-1-5-17(14-16)29-23(33)31-12-10-30(11-13-31)22-24-8-3-9-25-22/h1-9,14-15H,10-13H2,(H,26,27)(H,28,32)(H,29,33). The number of H-pyrrole nitrogens is 1. The molecule has 2 aromatic carbocycles. The van der Waals surface area contributed by atoms with Crippen molar-refractivity contribution in [3.63, 3.8) is 0 Å². The van der Waals surface area contributed by atoms with Crippen molar-refractivity contribution >= 4 is 40.3 Å². The fourth-order valence-corrected chi connectivity index (χ4v) is 3.79. The fraction of sp³-hybridized carbons (Fsp3) is 0.174. The summed E-state index contributed by atoms with van der Waals surface area (Å²) in [4.78, 5) is 45.1. The number of aromatic amines is 1. The number of rotatable bonds is 4. The van der Waals surface area contributed by atoms with E-state index in [1.807, 2.05) is 6.07 Å². The summed E-state index contributed by atoms with van der Waals surface area (Å²) in [5.41, 5.74) is 3.09. The summed E-state index contributed by atoms with van der Waals surface area (Å²) in [7, 11) is 0. The second-order valence-electron chi connectivity index (χ2n) is 7.59. The van der Waals surface area contributed by atoms with E-state index in [9.17, 15) is 9.59 Å². The topological polar surface area (TPSA) is 119 Å². The minimum Gasteiger partial charge on any atom is -0.344 e. The molecule has 10 nitrogen and oxygen atoms in total. The number of imidazole rings is 1. The predicted molar refractivity (Wildman–Crippen MR) is 125 cm³/mol. The normalized spacial score (nSPS) is 13.7. The Hall–Kier alpha value is -4.47. The van der Waals surface area contributed by atoms with Gasteiger partial charge < -0.3 is 25.4 Å². The molecule has 1 aliphatic heterocycles. The molecule has 3 N–H and O–H groups in total. The van der Waals surface area contributed by atoms with E-state index in [1.54, 1.807) is 66.1 Å². The molecule has 0 spiro atoms. The Morgan fingerprint density at radius 2 is 1.58 bits per heavy atom. The summed E-state index contributed by atoms with van der Waals surface area (Å²) in [6.07, 6.45) is 4.98. The highest BCUT2D eigenvalue weighted by Crippen LogP contribution is 2.20. The molecule has 4 aromatic rings. The molecule has 5 rings (SSSR count). The van der Waals surface area contributed by atoms with E-state index in [2.05, 4.69) is 35.5 Å². The second-order valence-corrected chi connectivity index (χ2v) is 7.59. The molecule has 166 valence electrons. The maximum absolute atomic E-state index is 12.8. The van der Waals surface area contributed by atoms with Crippen molar-refractivity contribution in [1.82, 2.24) is 24.8 Å². The summed E-state index contributed by atoms with van der Waals surface area (Å²) in [5, 5.41) is 5.80. The molecular weight excluding hydrogens is 420 g/mol. The molecular formula is C23H22N8O2. The zero-order valence-electron chi connectivity index (χ0n) is 17.7. The van der Waals surface area contributed by atoms with Crippen LogP contribution in [0.5, 0.6) is 0 Å². The largest absolute Gasteiger partial charge is 0.344 e. The highest BCUT2D eigenvalue weighted by molar-refractivity contribution is 6.11. The Morgan fingerprint density at radius 3 is 2.36 bits per heavy atom. The molecule has 0 bridgehead atoms. The Kier molecular flexibility index (Phi) is 5.54. The SMILES string of the molecule is O=C(Nc1cccc(NC(=O)N2CCN(c3ncccn3)CC2)c1)c1cccc2nc[nH]c12. The van der Waals surface area contributed by atoms with Gasteiger partial charge in [0.1, 0.15) is 0 Å². The van der Waals surface area contributed by atoms with Crippen LogP contribution in [0.3, 0.4) is 0 Å². The third-order valence-electron chi connectivity index (χ3n) is 5.47. The van der Waals surface area contributed by atoms with Crippen molar-refractivity contribution < 1.29 is 9.59 Å². The first-order chi connectivity index (χ1) is 16.2. The minimum absolute atomic E-state index is 0.186. The average Bonchev–Trinajstić information content (AvgIpc) is 3.34. The van der Waals surface area contributed by atoms with Crippen LogP contribution < -0.4 is 15.5 Å². The maximum atomic E-state index is 12.8. The first kappa shape index (κ1) is 20.4. The van der Waals surface area contributed by atoms with Crippen LogP contribution in [-0.4, -0.2) is 63.0 Å². The number of carbonyl (C=O) groups excluding carboxylic acids is 2. The summed E-state index contributed by atoms with van der Waals surface area (Å²) in [6.45, 7) is 2.45. The van der Waals surface area contributed by atoms with Crippen LogP contribution in [0.1, 0.15) is 10.4 Å². The molecule has 0 aliphatic carbocycles. The second kappa shape index (κ2) is 8.95. The molecule has 33 heavy (non-hydrogen) atoms. The van der Waals surface area contributed by atoms with E-state index in [1.165, 1.54) is 0 Å². The van der Waals surface area contributed by atoms with Gasteiger partial charge in [-0.05, 0) is 36.4 Å². The van der Waals surface area contributed by atoms with Gasteiger partial charge in [0.05, 0.1) is 22.9 Å². The van der Waals surface area contributed by atoms with Crippen molar-refractivity contribution in [2.45, 2.75) is 0 Å². The van der Waals surface area contributed by atoms with Crippen LogP contribution in [-0.2, 0) is 0 Å². The van der Waals surface area contributed by atoms with Crippen molar-refractivity contribution in [2.24, 2.45) is 0 Å². The summed E-state index contributed by atoms with van der Waals surface area (Å²) >= 11 is 0. The van der Waals surface area contributed by atoms with E-state index in [-0.39, 0.29) is 11.9 Å². The highest BCUT2D eigenvalue weighted by Gasteiger charge is 2.22. The van der Waals surface area contributed by atoms with Crippen LogP contribution in [0.25, 0.3) is 11.0 Å². The van der Waals surface area contributed by atoms with Gasteiger partial charge in [-0.2, -0.15) is 0 Å². The predicted octanol–water partition coefficient (Wildman–Crippen LogP) is 2.96. The van der Waals surface area contributed by atoms with Crippen molar-refractivity contribution in [2.75, 3.05) is 41.7 Å². The third-order valence-corrected chi connectivity index (χ3v) is 5.47. The van der Waals surface area contributed by atoms with Gasteiger partial charge >= 0.3 is 6.03 Å². The van der Waals surface area contributed by atoms with Gasteiger partial charge in [0.2, 0.25) is 5.95 Å². The number of para-hydroxylation sites is 1. The third kappa shape index (κ3) is 4.45. The average molecular weight is 442 g/mol. The number of hydrogen-bond donors (Lipinski definition) is 3. The van der Waals surface area contributed by atoms with E-state index in [4.69, 9.17) is 0 Å². The van der Waals surface area contributed by atoms with Crippen LogP contribution in [0.4, 0.5) is 22.1 Å². The number of carbonyl (C=O) groups is 2. The monoisotopic (exact) mass is 442 g/mol. The van der Waals surface area contributed by atoms with E-state index in [0.717, 1.165) is 5.52 Å². The highest BCUT2D eigenvalue weighted by atomic mass is 16.2. The number of fused-ring (bicyclic) bond motifs is 1. The van der Waals surface area contributed by atoms with Crippen LogP contribution >= 0.6 is 0 Å². The van der Waals surface area contributed by atoms with E-state index >= 15 is 0 Å². The van der Waals surface area contributed by atoms with Crippen molar-refractivity contribution in [3.8, 4) is 0 Å². The quantitative estimate of drug-likeness (QED) is 0.447. The summed E-state index contributed by atoms with van der Waals surface area (Å²) < 4.78 is 0. The number of anilines is 3. The molecule has 3 amide bonds. The Bertz CT molecular complexity index is 1280. The zero-order chi connectivity index (χ0) is 22.6. The molecule has 1 fully saturated rings. The molecule has 0 radical (unpaired) electrons. The molecule has 10 heteroatoms. The maximum Gasteiger partial charge on any atom is 0.321 e. The van der Waals surface area contributed by atoms with Gasteiger partial charge in [0, 0.05) is 49.9 Å². The number of nitrogens with zero attached hydrogens (tertiary/aromatic N) is 5. The number of aromatic nitrogens is 4. The fourth-order valence-electron chi connectivity index (χ4n) is 3.79. The molecule has 0 atom stereocenters. The van der Waals surface area contributed by atoms with E-state index < -0.39 is 0 Å². The van der Waals surface area contributed by atoms with Crippen molar-refractivity contribution in [3.05, 3.63) is 72.8 Å². The number of amides is 3. The molecule has 1 aliphatic rings. The van der Waals surface area contributed by atoms with Gasteiger partial charge in [-0.15, -0.1) is 0 Å².